The number of nitrogens with zero attached hydrogens (tertiary/aromatic N) is 1. The Morgan fingerprint density at radius 1 is 1.14 bits per heavy atom. The third kappa shape index (κ3) is 7.42. The number of anilines is 1. The highest BCUT2D eigenvalue weighted by molar-refractivity contribution is 5.90. The number of hydrogen-bond donors (Lipinski definition) is 2. The van der Waals surface area contributed by atoms with E-state index in [4.69, 9.17) is 0 Å². The van der Waals surface area contributed by atoms with Crippen molar-refractivity contribution in [3.05, 3.63) is 29.8 Å². The molecule has 4 nitrogen and oxygen atoms in total. The van der Waals surface area contributed by atoms with Gasteiger partial charge < -0.3 is 15.5 Å². The molecule has 0 aliphatic heterocycles. The molecule has 2 N–H and O–H groups in total. The molecule has 0 saturated heterocycles. The number of hydrogen-bond acceptors (Lipinski definition) is 3. The van der Waals surface area contributed by atoms with Crippen molar-refractivity contribution in [1.29, 1.82) is 0 Å². The van der Waals surface area contributed by atoms with Crippen LogP contribution in [0.15, 0.2) is 24.3 Å². The lowest BCUT2D eigenvalue weighted by molar-refractivity contribution is -0.137. The van der Waals surface area contributed by atoms with Gasteiger partial charge in [-0.25, -0.2) is 0 Å². The molecule has 1 rings (SSSR count). The largest absolute Gasteiger partial charge is 0.416 e. The summed E-state index contributed by atoms with van der Waals surface area (Å²) < 4.78 is 37.2. The third-order valence-electron chi connectivity index (χ3n) is 2.98. The zero-order valence-electron chi connectivity index (χ0n) is 12.8. The highest BCUT2D eigenvalue weighted by Gasteiger charge is 2.29. The van der Waals surface area contributed by atoms with Crippen molar-refractivity contribution < 1.29 is 18.0 Å². The highest BCUT2D eigenvalue weighted by atomic mass is 19.4. The molecular formula is C15H22F3N3O. The Bertz CT molecular complexity index is 458. The lowest BCUT2D eigenvalue weighted by Gasteiger charge is -2.10. The number of carbonyl (C=O) groups is 1. The fraction of sp³-hybridized carbons (Fsp3) is 0.533. The van der Waals surface area contributed by atoms with E-state index in [1.54, 1.807) is 0 Å². The van der Waals surface area contributed by atoms with Gasteiger partial charge in [-0.3, -0.25) is 4.79 Å². The molecule has 7 heteroatoms. The maximum Gasteiger partial charge on any atom is 0.416 e. The summed E-state index contributed by atoms with van der Waals surface area (Å²) in [6.45, 7) is 2.34. The van der Waals surface area contributed by atoms with Crippen molar-refractivity contribution in [3.63, 3.8) is 0 Å². The monoisotopic (exact) mass is 317 g/mol. The highest BCUT2D eigenvalue weighted by Crippen LogP contribution is 2.29. The Labute approximate surface area is 128 Å². The van der Waals surface area contributed by atoms with Gasteiger partial charge in [0.05, 0.1) is 5.56 Å². The van der Waals surface area contributed by atoms with Gasteiger partial charge in [-0.15, -0.1) is 0 Å². The van der Waals surface area contributed by atoms with E-state index in [9.17, 15) is 18.0 Å². The molecule has 0 bridgehead atoms. The molecule has 0 saturated carbocycles. The summed E-state index contributed by atoms with van der Waals surface area (Å²) in [6, 6.07) is 4.42. The topological polar surface area (TPSA) is 44.4 Å². The number of benzene rings is 1. The van der Waals surface area contributed by atoms with Crippen LogP contribution in [0, 0.1) is 0 Å². The summed E-state index contributed by atoms with van der Waals surface area (Å²) in [5.41, 5.74) is -0.362. The van der Waals surface area contributed by atoms with Gasteiger partial charge in [-0.2, -0.15) is 13.2 Å². The lowest BCUT2D eigenvalue weighted by atomic mass is 10.2. The van der Waals surface area contributed by atoms with Gasteiger partial charge in [0.2, 0.25) is 5.91 Å². The number of amides is 1. The average molecular weight is 317 g/mol. The lowest BCUT2D eigenvalue weighted by Crippen LogP contribution is -2.25. The van der Waals surface area contributed by atoms with Crippen molar-refractivity contribution >= 4 is 11.6 Å². The Kier molecular flexibility index (Phi) is 7.34. The number of alkyl halides is 3. The van der Waals surface area contributed by atoms with Crippen LogP contribution in [0.25, 0.3) is 0 Å². The van der Waals surface area contributed by atoms with Crippen molar-refractivity contribution in [2.24, 2.45) is 0 Å². The van der Waals surface area contributed by atoms with Crippen LogP contribution >= 0.6 is 0 Å². The van der Waals surface area contributed by atoms with Gasteiger partial charge in [0, 0.05) is 18.7 Å². The van der Waals surface area contributed by atoms with Crippen LogP contribution in [-0.2, 0) is 11.0 Å². The summed E-state index contributed by atoms with van der Waals surface area (Å²) >= 11 is 0. The molecule has 0 aliphatic carbocycles. The smallest absolute Gasteiger partial charge is 0.326 e. The Balaban J connectivity index is 2.25. The fourth-order valence-corrected chi connectivity index (χ4v) is 1.81. The van der Waals surface area contributed by atoms with Gasteiger partial charge in [0.1, 0.15) is 0 Å². The first-order chi connectivity index (χ1) is 10.3. The Morgan fingerprint density at radius 2 is 1.77 bits per heavy atom. The van der Waals surface area contributed by atoms with E-state index in [1.165, 1.54) is 12.1 Å². The van der Waals surface area contributed by atoms with Crippen LogP contribution in [-0.4, -0.2) is 44.5 Å². The van der Waals surface area contributed by atoms with Crippen molar-refractivity contribution in [2.75, 3.05) is 39.0 Å². The molecule has 0 atom stereocenters. The molecule has 0 fully saturated rings. The zero-order chi connectivity index (χ0) is 16.6. The second-order valence-corrected chi connectivity index (χ2v) is 5.28. The molecule has 0 heterocycles. The molecular weight excluding hydrogens is 295 g/mol. The normalized spacial score (nSPS) is 11.7. The number of rotatable bonds is 8. The van der Waals surface area contributed by atoms with Crippen molar-refractivity contribution in [1.82, 2.24) is 10.2 Å². The minimum Gasteiger partial charge on any atom is -0.326 e. The second kappa shape index (κ2) is 8.75. The van der Waals surface area contributed by atoms with E-state index in [-0.39, 0.29) is 12.3 Å². The number of nitrogens with one attached hydrogen (secondary N) is 2. The van der Waals surface area contributed by atoms with Crippen LogP contribution < -0.4 is 10.6 Å². The predicted molar refractivity (Wildman–Crippen MR) is 80.7 cm³/mol. The fourth-order valence-electron chi connectivity index (χ4n) is 1.81. The SMILES string of the molecule is CN(C)CCCNCCC(=O)Nc1ccc(C(F)(F)F)cc1. The maximum absolute atomic E-state index is 12.4. The van der Waals surface area contributed by atoms with Crippen LogP contribution in [0.3, 0.4) is 0 Å². The van der Waals surface area contributed by atoms with Gasteiger partial charge in [-0.05, 0) is 57.9 Å². The van der Waals surface area contributed by atoms with Gasteiger partial charge in [0.25, 0.3) is 0 Å². The minimum absolute atomic E-state index is 0.222. The number of carbonyl (C=O) groups excluding carboxylic acids is 1. The molecule has 0 aliphatic rings. The molecule has 0 radical (unpaired) electrons. The molecule has 0 spiro atoms. The van der Waals surface area contributed by atoms with Crippen LogP contribution in [0.5, 0.6) is 0 Å². The first kappa shape index (κ1) is 18.4. The predicted octanol–water partition coefficient (Wildman–Crippen LogP) is 2.58. The molecule has 0 aromatic heterocycles. The van der Waals surface area contributed by atoms with E-state index in [0.717, 1.165) is 31.6 Å². The molecule has 1 amide bonds. The van der Waals surface area contributed by atoms with Gasteiger partial charge in [-0.1, -0.05) is 0 Å². The van der Waals surface area contributed by atoms with E-state index < -0.39 is 11.7 Å². The summed E-state index contributed by atoms with van der Waals surface area (Å²) in [5, 5.41) is 5.73. The maximum atomic E-state index is 12.4. The second-order valence-electron chi connectivity index (χ2n) is 5.28. The van der Waals surface area contributed by atoms with E-state index in [0.29, 0.717) is 12.2 Å². The van der Waals surface area contributed by atoms with Crippen LogP contribution in [0.1, 0.15) is 18.4 Å². The Morgan fingerprint density at radius 3 is 2.32 bits per heavy atom. The summed E-state index contributed by atoms with van der Waals surface area (Å²) in [4.78, 5) is 13.7. The first-order valence-electron chi connectivity index (χ1n) is 7.11. The quantitative estimate of drug-likeness (QED) is 0.724. The number of halogens is 3. The Hall–Kier alpha value is -1.60. The van der Waals surface area contributed by atoms with Gasteiger partial charge in [0.15, 0.2) is 0 Å². The summed E-state index contributed by atoms with van der Waals surface area (Å²) in [6.07, 6.45) is -3.09. The zero-order valence-corrected chi connectivity index (χ0v) is 12.8. The minimum atomic E-state index is -4.36. The van der Waals surface area contributed by atoms with E-state index in [1.807, 2.05) is 14.1 Å². The third-order valence-corrected chi connectivity index (χ3v) is 2.98. The summed E-state index contributed by atoms with van der Waals surface area (Å²) in [7, 11) is 4.00. The molecule has 0 unspecified atom stereocenters. The average Bonchev–Trinajstić information content (AvgIpc) is 2.42. The van der Waals surface area contributed by atoms with E-state index >= 15 is 0 Å². The van der Waals surface area contributed by atoms with E-state index in [2.05, 4.69) is 15.5 Å². The van der Waals surface area contributed by atoms with Crippen LogP contribution in [0.2, 0.25) is 0 Å². The molecule has 1 aromatic carbocycles. The first-order valence-corrected chi connectivity index (χ1v) is 7.11. The standard InChI is InChI=1S/C15H22F3N3O/c1-21(2)11-3-9-19-10-8-14(22)20-13-6-4-12(5-7-13)15(16,17)18/h4-7,19H,3,8-11H2,1-2H3,(H,20,22). The summed E-state index contributed by atoms with van der Waals surface area (Å²) in [5.74, 6) is -0.222. The van der Waals surface area contributed by atoms with Crippen molar-refractivity contribution in [2.45, 2.75) is 19.0 Å². The van der Waals surface area contributed by atoms with Crippen LogP contribution in [0.4, 0.5) is 18.9 Å². The molecule has 124 valence electrons. The van der Waals surface area contributed by atoms with Crippen molar-refractivity contribution in [3.8, 4) is 0 Å². The van der Waals surface area contributed by atoms with Gasteiger partial charge >= 0.3 is 6.18 Å². The molecule has 1 aromatic rings. The molecule has 22 heavy (non-hydrogen) atoms.